The van der Waals surface area contributed by atoms with Crippen LogP contribution in [0.1, 0.15) is 67.3 Å². The third-order valence-corrected chi connectivity index (χ3v) is 10.8. The number of benzene rings is 2. The lowest BCUT2D eigenvalue weighted by Crippen LogP contribution is -2.38. The van der Waals surface area contributed by atoms with Crippen LogP contribution in [0.15, 0.2) is 52.3 Å². The molecule has 0 N–H and O–H groups in total. The second-order valence-corrected chi connectivity index (χ2v) is 14.1. The quantitative estimate of drug-likeness (QED) is 0.609. The highest BCUT2D eigenvalue weighted by Crippen LogP contribution is 2.50. The Morgan fingerprint density at radius 3 is 2.20 bits per heavy atom. The second-order valence-electron chi connectivity index (χ2n) is 10.2. The zero-order valence-corrected chi connectivity index (χ0v) is 21.7. The van der Waals surface area contributed by atoms with Gasteiger partial charge in [-0.15, -0.1) is 0 Å². The molecule has 0 atom stereocenters. The number of rotatable bonds is 4. The lowest BCUT2D eigenvalue weighted by molar-refractivity contribution is 0.0982. The molecule has 0 unspecified atom stereocenters. The summed E-state index contributed by atoms with van der Waals surface area (Å²) in [5.74, 6) is -0.253. The van der Waals surface area contributed by atoms with Crippen molar-refractivity contribution in [3.05, 3.63) is 53.6 Å². The number of carbonyl (C=O) groups is 1. The summed E-state index contributed by atoms with van der Waals surface area (Å²) in [6.07, 6.45) is 8.94. The van der Waals surface area contributed by atoms with Crippen molar-refractivity contribution in [2.75, 3.05) is 30.8 Å². The molecule has 2 aromatic rings. The standard InChI is InChI=1S/C26H32N2O5S2/c1-34(30,31)21-11-12-24-23(18-21)26(13-4-2-5-14-26)19-28(24)25(29)20-9-8-10-22(17-20)35(32,33)27-15-6-3-7-16-27/h8-12,17-18H,2-7,13-16,19H2,1H3. The maximum Gasteiger partial charge on any atom is 0.258 e. The number of hydrogen-bond acceptors (Lipinski definition) is 5. The van der Waals surface area contributed by atoms with Crippen LogP contribution in [0.2, 0.25) is 0 Å². The number of sulfonamides is 1. The van der Waals surface area contributed by atoms with E-state index in [2.05, 4.69) is 0 Å². The molecule has 0 bridgehead atoms. The van der Waals surface area contributed by atoms with Gasteiger partial charge >= 0.3 is 0 Å². The molecule has 5 rings (SSSR count). The van der Waals surface area contributed by atoms with Gasteiger partial charge in [0.05, 0.1) is 9.79 Å². The number of carbonyl (C=O) groups excluding carboxylic acids is 1. The summed E-state index contributed by atoms with van der Waals surface area (Å²) in [5, 5.41) is 0. The number of hydrogen-bond donors (Lipinski definition) is 0. The summed E-state index contributed by atoms with van der Waals surface area (Å²) < 4.78 is 52.4. The zero-order valence-electron chi connectivity index (χ0n) is 20.1. The van der Waals surface area contributed by atoms with Gasteiger partial charge in [0.25, 0.3) is 5.91 Å². The van der Waals surface area contributed by atoms with Gasteiger partial charge in [-0.2, -0.15) is 4.31 Å². The van der Waals surface area contributed by atoms with Crippen LogP contribution >= 0.6 is 0 Å². The van der Waals surface area contributed by atoms with Crippen LogP contribution < -0.4 is 4.90 Å². The first-order chi connectivity index (χ1) is 16.6. The number of fused-ring (bicyclic) bond motifs is 2. The van der Waals surface area contributed by atoms with Gasteiger partial charge in [0.2, 0.25) is 10.0 Å². The minimum Gasteiger partial charge on any atom is -0.307 e. The Morgan fingerprint density at radius 1 is 0.829 bits per heavy atom. The molecule has 7 nitrogen and oxygen atoms in total. The lowest BCUT2D eigenvalue weighted by Gasteiger charge is -2.34. The Kier molecular flexibility index (Phi) is 6.30. The van der Waals surface area contributed by atoms with E-state index >= 15 is 0 Å². The Bertz CT molecular complexity index is 1360. The van der Waals surface area contributed by atoms with Crippen LogP contribution in [0.4, 0.5) is 5.69 Å². The fraction of sp³-hybridized carbons (Fsp3) is 0.500. The number of sulfone groups is 1. The summed E-state index contributed by atoms with van der Waals surface area (Å²) in [4.78, 5) is 15.9. The normalized spacial score (nSPS) is 20.7. The molecule has 1 amide bonds. The minimum atomic E-state index is -3.66. The summed E-state index contributed by atoms with van der Waals surface area (Å²) in [7, 11) is -7.03. The van der Waals surface area contributed by atoms with Crippen molar-refractivity contribution in [1.29, 1.82) is 0 Å². The molecular weight excluding hydrogens is 484 g/mol. The Balaban J connectivity index is 1.52. The Morgan fingerprint density at radius 2 is 1.51 bits per heavy atom. The molecule has 0 aromatic heterocycles. The molecule has 2 fully saturated rings. The molecule has 1 aliphatic carbocycles. The van der Waals surface area contributed by atoms with Gasteiger partial charge in [0.15, 0.2) is 9.84 Å². The first-order valence-electron chi connectivity index (χ1n) is 12.4. The van der Waals surface area contributed by atoms with Crippen LogP contribution in [0.5, 0.6) is 0 Å². The first kappa shape index (κ1) is 24.5. The number of anilines is 1. The van der Waals surface area contributed by atoms with E-state index in [0.29, 0.717) is 25.2 Å². The molecule has 0 radical (unpaired) electrons. The molecule has 2 aliphatic heterocycles. The van der Waals surface area contributed by atoms with Crippen molar-refractivity contribution in [2.24, 2.45) is 0 Å². The van der Waals surface area contributed by atoms with Crippen molar-refractivity contribution in [3.63, 3.8) is 0 Å². The molecule has 2 heterocycles. The van der Waals surface area contributed by atoms with Crippen LogP contribution in [-0.4, -0.2) is 52.9 Å². The summed E-state index contributed by atoms with van der Waals surface area (Å²) in [5.41, 5.74) is 1.72. The zero-order chi connectivity index (χ0) is 24.8. The smallest absolute Gasteiger partial charge is 0.258 e. The third-order valence-electron chi connectivity index (χ3n) is 7.81. The minimum absolute atomic E-state index is 0.143. The highest BCUT2D eigenvalue weighted by Gasteiger charge is 2.45. The monoisotopic (exact) mass is 516 g/mol. The highest BCUT2D eigenvalue weighted by molar-refractivity contribution is 7.90. The molecule has 1 saturated carbocycles. The second kappa shape index (κ2) is 9.01. The number of piperidine rings is 1. The average molecular weight is 517 g/mol. The van der Waals surface area contributed by atoms with E-state index in [1.807, 2.05) is 0 Å². The van der Waals surface area contributed by atoms with Crippen molar-refractivity contribution in [2.45, 2.75) is 66.6 Å². The predicted octanol–water partition coefficient (Wildman–Crippen LogP) is 4.13. The van der Waals surface area contributed by atoms with Gasteiger partial charge in [0.1, 0.15) is 0 Å². The Labute approximate surface area is 208 Å². The van der Waals surface area contributed by atoms with E-state index < -0.39 is 19.9 Å². The van der Waals surface area contributed by atoms with Gasteiger partial charge in [-0.05, 0) is 67.6 Å². The van der Waals surface area contributed by atoms with E-state index in [0.717, 1.165) is 62.6 Å². The lowest BCUT2D eigenvalue weighted by atomic mass is 9.71. The van der Waals surface area contributed by atoms with E-state index in [1.54, 1.807) is 41.3 Å². The topological polar surface area (TPSA) is 91.8 Å². The number of amides is 1. The first-order valence-corrected chi connectivity index (χ1v) is 15.7. The highest BCUT2D eigenvalue weighted by atomic mass is 32.2. The van der Waals surface area contributed by atoms with Crippen molar-refractivity contribution < 1.29 is 21.6 Å². The maximum atomic E-state index is 13.8. The molecule has 35 heavy (non-hydrogen) atoms. The number of nitrogens with zero attached hydrogens (tertiary/aromatic N) is 2. The summed E-state index contributed by atoms with van der Waals surface area (Å²) in [6, 6.07) is 11.4. The molecular formula is C26H32N2O5S2. The van der Waals surface area contributed by atoms with Gasteiger partial charge in [-0.1, -0.05) is 31.7 Å². The molecule has 1 saturated heterocycles. The van der Waals surface area contributed by atoms with Crippen LogP contribution in [0.3, 0.4) is 0 Å². The molecule has 2 aromatic carbocycles. The molecule has 1 spiro atoms. The van der Waals surface area contributed by atoms with Gasteiger partial charge < -0.3 is 4.90 Å². The van der Waals surface area contributed by atoms with E-state index in [4.69, 9.17) is 0 Å². The largest absolute Gasteiger partial charge is 0.307 e. The van der Waals surface area contributed by atoms with Crippen molar-refractivity contribution >= 4 is 31.5 Å². The summed E-state index contributed by atoms with van der Waals surface area (Å²) in [6.45, 7) is 1.49. The average Bonchev–Trinajstić information content (AvgIpc) is 3.17. The fourth-order valence-corrected chi connectivity index (χ4v) is 8.13. The van der Waals surface area contributed by atoms with Gasteiger partial charge in [-0.3, -0.25) is 4.79 Å². The van der Waals surface area contributed by atoms with Gasteiger partial charge in [0, 0.05) is 42.6 Å². The van der Waals surface area contributed by atoms with Crippen LogP contribution in [0.25, 0.3) is 0 Å². The Hall–Kier alpha value is -2.23. The van der Waals surface area contributed by atoms with Crippen molar-refractivity contribution in [1.82, 2.24) is 4.31 Å². The van der Waals surface area contributed by atoms with E-state index in [1.165, 1.54) is 16.6 Å². The molecule has 3 aliphatic rings. The third kappa shape index (κ3) is 4.42. The summed E-state index contributed by atoms with van der Waals surface area (Å²) >= 11 is 0. The fourth-order valence-electron chi connectivity index (χ4n) is 5.92. The van der Waals surface area contributed by atoms with E-state index in [-0.39, 0.29) is 21.1 Å². The molecule has 9 heteroatoms. The van der Waals surface area contributed by atoms with Crippen molar-refractivity contribution in [3.8, 4) is 0 Å². The SMILES string of the molecule is CS(=O)(=O)c1ccc2c(c1)C1(CCCCC1)CN2C(=O)c1cccc(S(=O)(=O)N2CCCCC2)c1. The van der Waals surface area contributed by atoms with E-state index in [9.17, 15) is 21.6 Å². The maximum absolute atomic E-state index is 13.8. The predicted molar refractivity (Wildman–Crippen MR) is 135 cm³/mol. The van der Waals surface area contributed by atoms with Crippen LogP contribution in [-0.2, 0) is 25.3 Å². The molecule has 188 valence electrons. The van der Waals surface area contributed by atoms with Gasteiger partial charge in [-0.25, -0.2) is 16.8 Å². The van der Waals surface area contributed by atoms with Crippen LogP contribution in [0, 0.1) is 0 Å².